The first kappa shape index (κ1) is 24.0. The Hall–Kier alpha value is -2.75. The summed E-state index contributed by atoms with van der Waals surface area (Å²) in [6.45, 7) is 8.86. The average molecular weight is 492 g/mol. The quantitative estimate of drug-likeness (QED) is 0.633. The van der Waals surface area contributed by atoms with Crippen LogP contribution < -0.4 is 9.80 Å². The lowest BCUT2D eigenvalue weighted by atomic mass is 9.76. The molecule has 0 N–H and O–H groups in total. The predicted octanol–water partition coefficient (Wildman–Crippen LogP) is 4.48. The largest absolute Gasteiger partial charge is 0.371 e. The smallest absolute Gasteiger partial charge is 0.253 e. The van der Waals surface area contributed by atoms with Crippen LogP contribution in [-0.4, -0.2) is 74.6 Å². The summed E-state index contributed by atoms with van der Waals surface area (Å²) in [6.07, 6.45) is 3.48. The summed E-state index contributed by atoms with van der Waals surface area (Å²) in [7, 11) is 2.10. The molecule has 3 fully saturated rings. The third kappa shape index (κ3) is 4.85. The van der Waals surface area contributed by atoms with Crippen LogP contribution in [0, 0.1) is 16.7 Å². The van der Waals surface area contributed by atoms with E-state index < -0.39 is 0 Å². The maximum atomic E-state index is 12.9. The van der Waals surface area contributed by atoms with E-state index in [1.165, 1.54) is 12.1 Å². The standard InChI is InChI=1S/C28H34ClN5O/c1-21-18-28(20-34(21)25-8-5-23(19-30)26(29)17-25)9-11-32(12-10-28)24-6-3-22(4-7-24)27(35)33-15-13-31(2)14-16-33/h3-8,17,21H,9-16,18,20H2,1-2H3/t21-/m1/s1. The molecule has 0 bridgehead atoms. The minimum atomic E-state index is 0.144. The number of nitrogens with zero attached hydrogens (tertiary/aromatic N) is 5. The van der Waals surface area contributed by atoms with Gasteiger partial charge < -0.3 is 19.6 Å². The van der Waals surface area contributed by atoms with Gasteiger partial charge in [-0.25, -0.2) is 0 Å². The molecule has 7 heteroatoms. The molecule has 3 aliphatic heterocycles. The molecule has 35 heavy (non-hydrogen) atoms. The highest BCUT2D eigenvalue weighted by Crippen LogP contribution is 2.45. The normalized spacial score (nSPS) is 22.5. The van der Waals surface area contributed by atoms with E-state index in [4.69, 9.17) is 11.6 Å². The van der Waals surface area contributed by atoms with Crippen molar-refractivity contribution in [3.8, 4) is 6.07 Å². The van der Waals surface area contributed by atoms with E-state index in [9.17, 15) is 10.1 Å². The molecule has 1 amide bonds. The van der Waals surface area contributed by atoms with Gasteiger partial charge in [0.05, 0.1) is 10.6 Å². The maximum Gasteiger partial charge on any atom is 0.253 e. The van der Waals surface area contributed by atoms with Gasteiger partial charge in [0.1, 0.15) is 6.07 Å². The molecule has 0 unspecified atom stereocenters. The number of rotatable bonds is 3. The summed E-state index contributed by atoms with van der Waals surface area (Å²) in [4.78, 5) is 22.0. The Morgan fingerprint density at radius 2 is 1.66 bits per heavy atom. The first-order valence-corrected chi connectivity index (χ1v) is 13.0. The van der Waals surface area contributed by atoms with E-state index in [1.54, 1.807) is 0 Å². The van der Waals surface area contributed by atoms with Gasteiger partial charge in [-0.2, -0.15) is 5.26 Å². The Labute approximate surface area is 213 Å². The minimum absolute atomic E-state index is 0.144. The fourth-order valence-electron chi connectivity index (χ4n) is 6.05. The van der Waals surface area contributed by atoms with Crippen LogP contribution in [0.2, 0.25) is 5.02 Å². The molecule has 2 aromatic rings. The lowest BCUT2D eigenvalue weighted by molar-refractivity contribution is 0.0664. The number of likely N-dealkylation sites (N-methyl/N-ethyl adjacent to an activating group) is 1. The Kier molecular flexibility index (Phi) is 6.65. The van der Waals surface area contributed by atoms with E-state index in [-0.39, 0.29) is 5.91 Å². The van der Waals surface area contributed by atoms with Crippen LogP contribution in [0.15, 0.2) is 42.5 Å². The topological polar surface area (TPSA) is 53.8 Å². The highest BCUT2D eigenvalue weighted by Gasteiger charge is 2.44. The second kappa shape index (κ2) is 9.72. The minimum Gasteiger partial charge on any atom is -0.371 e. The zero-order chi connectivity index (χ0) is 24.6. The number of halogens is 1. The number of hydrogen-bond donors (Lipinski definition) is 0. The summed E-state index contributed by atoms with van der Waals surface area (Å²) >= 11 is 6.32. The van der Waals surface area contributed by atoms with Gasteiger partial charge in [0.2, 0.25) is 0 Å². The van der Waals surface area contributed by atoms with Gasteiger partial charge in [0, 0.05) is 68.8 Å². The number of hydrogen-bond acceptors (Lipinski definition) is 5. The lowest BCUT2D eigenvalue weighted by Crippen LogP contribution is -2.47. The van der Waals surface area contributed by atoms with Crippen molar-refractivity contribution >= 4 is 28.9 Å². The number of amides is 1. The Balaban J connectivity index is 1.20. The number of benzene rings is 2. The predicted molar refractivity (Wildman–Crippen MR) is 141 cm³/mol. The molecule has 0 radical (unpaired) electrons. The summed E-state index contributed by atoms with van der Waals surface area (Å²) in [5.41, 5.74) is 3.95. The fourth-order valence-corrected chi connectivity index (χ4v) is 6.26. The van der Waals surface area contributed by atoms with Crippen molar-refractivity contribution in [3.63, 3.8) is 0 Å². The SMILES string of the molecule is C[C@@H]1CC2(CCN(c3ccc(C(=O)N4CCN(C)CC4)cc3)CC2)CN1c1ccc(C#N)c(Cl)c1. The zero-order valence-electron chi connectivity index (χ0n) is 20.7. The van der Waals surface area contributed by atoms with E-state index in [1.807, 2.05) is 35.2 Å². The molecular formula is C28H34ClN5O. The highest BCUT2D eigenvalue weighted by molar-refractivity contribution is 6.32. The maximum absolute atomic E-state index is 12.9. The van der Waals surface area contributed by atoms with Gasteiger partial charge in [0.15, 0.2) is 0 Å². The summed E-state index contributed by atoms with van der Waals surface area (Å²) < 4.78 is 0. The second-order valence-corrected chi connectivity index (χ2v) is 11.0. The van der Waals surface area contributed by atoms with Crippen molar-refractivity contribution in [3.05, 3.63) is 58.6 Å². The molecule has 1 spiro atoms. The Bertz CT molecular complexity index is 1110. The Morgan fingerprint density at radius 3 is 2.29 bits per heavy atom. The highest BCUT2D eigenvalue weighted by atomic mass is 35.5. The third-order valence-corrected chi connectivity index (χ3v) is 8.58. The molecule has 2 aromatic carbocycles. The second-order valence-electron chi connectivity index (χ2n) is 10.6. The first-order chi connectivity index (χ1) is 16.9. The molecule has 0 aliphatic carbocycles. The van der Waals surface area contributed by atoms with E-state index in [2.05, 4.69) is 46.9 Å². The molecule has 5 rings (SSSR count). The van der Waals surface area contributed by atoms with Crippen LogP contribution in [0.4, 0.5) is 11.4 Å². The van der Waals surface area contributed by atoms with Crippen LogP contribution in [0.3, 0.4) is 0 Å². The van der Waals surface area contributed by atoms with Crippen molar-refractivity contribution in [2.75, 3.05) is 62.7 Å². The summed E-state index contributed by atoms with van der Waals surface area (Å²) in [5.74, 6) is 0.144. The van der Waals surface area contributed by atoms with Gasteiger partial charge >= 0.3 is 0 Å². The molecule has 0 saturated carbocycles. The van der Waals surface area contributed by atoms with Crippen LogP contribution in [0.1, 0.15) is 42.1 Å². The Morgan fingerprint density at radius 1 is 1.00 bits per heavy atom. The van der Waals surface area contributed by atoms with Crippen LogP contribution >= 0.6 is 11.6 Å². The van der Waals surface area contributed by atoms with Crippen LogP contribution in [-0.2, 0) is 0 Å². The lowest BCUT2D eigenvalue weighted by Gasteiger charge is -2.40. The molecule has 3 saturated heterocycles. The molecule has 3 heterocycles. The van der Waals surface area contributed by atoms with E-state index >= 15 is 0 Å². The van der Waals surface area contributed by atoms with Crippen molar-refractivity contribution in [1.29, 1.82) is 5.26 Å². The van der Waals surface area contributed by atoms with E-state index in [0.717, 1.165) is 69.9 Å². The monoisotopic (exact) mass is 491 g/mol. The van der Waals surface area contributed by atoms with Gasteiger partial charge in [-0.1, -0.05) is 11.6 Å². The molecule has 184 valence electrons. The van der Waals surface area contributed by atoms with Gasteiger partial charge in [0.25, 0.3) is 5.91 Å². The van der Waals surface area contributed by atoms with Gasteiger partial charge in [-0.15, -0.1) is 0 Å². The summed E-state index contributed by atoms with van der Waals surface area (Å²) in [5, 5.41) is 9.71. The number of carbonyl (C=O) groups is 1. The molecular weight excluding hydrogens is 458 g/mol. The summed E-state index contributed by atoms with van der Waals surface area (Å²) in [6, 6.07) is 16.6. The third-order valence-electron chi connectivity index (χ3n) is 8.26. The molecule has 6 nitrogen and oxygen atoms in total. The average Bonchev–Trinajstić information content (AvgIpc) is 3.20. The van der Waals surface area contributed by atoms with Crippen LogP contribution in [0.5, 0.6) is 0 Å². The van der Waals surface area contributed by atoms with Crippen molar-refractivity contribution in [2.45, 2.75) is 32.2 Å². The van der Waals surface area contributed by atoms with E-state index in [0.29, 0.717) is 22.0 Å². The molecule has 0 aromatic heterocycles. The number of anilines is 2. The van der Waals surface area contributed by atoms with Crippen LogP contribution in [0.25, 0.3) is 0 Å². The van der Waals surface area contributed by atoms with Crippen molar-refractivity contribution in [2.24, 2.45) is 5.41 Å². The zero-order valence-corrected chi connectivity index (χ0v) is 21.5. The fraction of sp³-hybridized carbons (Fsp3) is 0.500. The van der Waals surface area contributed by atoms with Crippen molar-refractivity contribution in [1.82, 2.24) is 9.80 Å². The number of carbonyl (C=O) groups excluding carboxylic acids is 1. The van der Waals surface area contributed by atoms with Gasteiger partial charge in [-0.3, -0.25) is 4.79 Å². The van der Waals surface area contributed by atoms with Crippen molar-refractivity contribution < 1.29 is 4.79 Å². The number of piperidine rings is 1. The molecule has 3 aliphatic rings. The number of nitriles is 1. The molecule has 1 atom stereocenters. The van der Waals surface area contributed by atoms with Gasteiger partial charge in [-0.05, 0) is 81.1 Å². The number of piperazine rings is 1. The first-order valence-electron chi connectivity index (χ1n) is 12.7.